The van der Waals surface area contributed by atoms with E-state index in [-0.39, 0.29) is 17.0 Å². The van der Waals surface area contributed by atoms with Crippen LogP contribution >= 0.6 is 0 Å². The van der Waals surface area contributed by atoms with Crippen LogP contribution in [0.3, 0.4) is 0 Å². The van der Waals surface area contributed by atoms with Gasteiger partial charge in [0, 0.05) is 11.8 Å². The zero-order valence-electron chi connectivity index (χ0n) is 11.1. The maximum absolute atomic E-state index is 11.2. The number of benzene rings is 1. The number of carbonyl (C=O) groups is 1. The molecule has 0 amide bonds. The van der Waals surface area contributed by atoms with Gasteiger partial charge >= 0.3 is 5.97 Å². The number of aromatic carboxylic acids is 1. The Balaban J connectivity index is 1.98. The highest BCUT2D eigenvalue weighted by Crippen LogP contribution is 2.23. The van der Waals surface area contributed by atoms with Gasteiger partial charge in [0.15, 0.2) is 5.65 Å². The number of carboxylic acid groups (broad SMARTS) is 1. The summed E-state index contributed by atoms with van der Waals surface area (Å²) in [5, 5.41) is 23.1. The van der Waals surface area contributed by atoms with E-state index in [1.54, 1.807) is 0 Å². The van der Waals surface area contributed by atoms with Crippen LogP contribution in [-0.2, 0) is 12.8 Å². The molecule has 0 aliphatic heterocycles. The molecule has 106 valence electrons. The molecule has 0 saturated heterocycles. The van der Waals surface area contributed by atoms with Crippen molar-refractivity contribution in [3.8, 4) is 5.75 Å². The van der Waals surface area contributed by atoms with Gasteiger partial charge < -0.3 is 10.2 Å². The molecule has 0 fully saturated rings. The number of rotatable bonds is 4. The highest BCUT2D eigenvalue weighted by Gasteiger charge is 2.19. The molecule has 1 aromatic carbocycles. The Labute approximate surface area is 120 Å². The highest BCUT2D eigenvalue weighted by atomic mass is 16.4. The number of aromatic nitrogens is 3. The van der Waals surface area contributed by atoms with Crippen molar-refractivity contribution in [2.24, 2.45) is 0 Å². The van der Waals surface area contributed by atoms with Crippen molar-refractivity contribution in [3.05, 3.63) is 59.5 Å². The van der Waals surface area contributed by atoms with E-state index in [9.17, 15) is 9.90 Å². The van der Waals surface area contributed by atoms with E-state index in [4.69, 9.17) is 5.11 Å². The SMILES string of the molecule is O=C(O)c1c(O)cc(CCc2ccccc2)n2ncnc12. The highest BCUT2D eigenvalue weighted by molar-refractivity contribution is 5.97. The van der Waals surface area contributed by atoms with Gasteiger partial charge in [0.05, 0.1) is 0 Å². The van der Waals surface area contributed by atoms with Crippen LogP contribution in [0.15, 0.2) is 42.7 Å². The number of hydrogen-bond acceptors (Lipinski definition) is 4. The lowest BCUT2D eigenvalue weighted by atomic mass is 10.1. The van der Waals surface area contributed by atoms with Crippen molar-refractivity contribution in [3.63, 3.8) is 0 Å². The second kappa shape index (κ2) is 5.24. The Morgan fingerprint density at radius 3 is 2.67 bits per heavy atom. The smallest absolute Gasteiger partial charge is 0.343 e. The standard InChI is InChI=1S/C15H13N3O3/c19-12-8-11(7-6-10-4-2-1-3-5-10)18-14(16-9-17-18)13(12)15(20)21/h1-5,8-9,19H,6-7H2,(H,20,21). The van der Waals surface area contributed by atoms with Crippen molar-refractivity contribution in [1.29, 1.82) is 0 Å². The molecule has 0 saturated carbocycles. The van der Waals surface area contributed by atoms with Crippen molar-refractivity contribution in [1.82, 2.24) is 14.6 Å². The lowest BCUT2D eigenvalue weighted by molar-refractivity contribution is 0.0695. The molecule has 2 N–H and O–H groups in total. The van der Waals surface area contributed by atoms with Crippen molar-refractivity contribution >= 4 is 11.6 Å². The Hall–Kier alpha value is -2.89. The Morgan fingerprint density at radius 1 is 1.19 bits per heavy atom. The van der Waals surface area contributed by atoms with Gasteiger partial charge in [-0.3, -0.25) is 0 Å². The molecule has 0 radical (unpaired) electrons. The van der Waals surface area contributed by atoms with Crippen LogP contribution in [0.2, 0.25) is 0 Å². The monoisotopic (exact) mass is 283 g/mol. The molecule has 3 aromatic rings. The summed E-state index contributed by atoms with van der Waals surface area (Å²) in [6, 6.07) is 11.4. The van der Waals surface area contributed by atoms with Gasteiger partial charge in [-0.05, 0) is 18.4 Å². The van der Waals surface area contributed by atoms with E-state index in [2.05, 4.69) is 10.1 Å². The van der Waals surface area contributed by atoms with Crippen LogP contribution in [0.1, 0.15) is 21.6 Å². The average molecular weight is 283 g/mol. The summed E-state index contributed by atoms with van der Waals surface area (Å²) in [4.78, 5) is 15.1. The lowest BCUT2D eigenvalue weighted by Gasteiger charge is -2.08. The number of hydrogen-bond donors (Lipinski definition) is 2. The second-order valence-electron chi connectivity index (χ2n) is 4.68. The van der Waals surface area contributed by atoms with E-state index in [0.717, 1.165) is 12.0 Å². The first-order chi connectivity index (χ1) is 10.2. The number of carboxylic acids is 1. The summed E-state index contributed by atoms with van der Waals surface area (Å²) < 4.78 is 1.46. The zero-order chi connectivity index (χ0) is 14.8. The first-order valence-electron chi connectivity index (χ1n) is 6.48. The predicted molar refractivity (Wildman–Crippen MR) is 75.5 cm³/mol. The fraction of sp³-hybridized carbons (Fsp3) is 0.133. The van der Waals surface area contributed by atoms with Crippen LogP contribution in [0.4, 0.5) is 0 Å². The van der Waals surface area contributed by atoms with Crippen molar-refractivity contribution in [2.45, 2.75) is 12.8 Å². The second-order valence-corrected chi connectivity index (χ2v) is 4.68. The summed E-state index contributed by atoms with van der Waals surface area (Å²) in [5.74, 6) is -1.51. The van der Waals surface area contributed by atoms with E-state index in [0.29, 0.717) is 12.1 Å². The van der Waals surface area contributed by atoms with E-state index < -0.39 is 5.97 Å². The molecule has 0 unspecified atom stereocenters. The van der Waals surface area contributed by atoms with E-state index >= 15 is 0 Å². The quantitative estimate of drug-likeness (QED) is 0.763. The average Bonchev–Trinajstić information content (AvgIpc) is 2.94. The predicted octanol–water partition coefficient (Wildman–Crippen LogP) is 1.92. The molecular formula is C15H13N3O3. The number of aromatic hydroxyl groups is 1. The molecule has 6 heteroatoms. The molecule has 2 heterocycles. The molecular weight excluding hydrogens is 270 g/mol. The summed E-state index contributed by atoms with van der Waals surface area (Å²) in [5.41, 5.74) is 1.81. The fourth-order valence-corrected chi connectivity index (χ4v) is 2.33. The van der Waals surface area contributed by atoms with Crippen LogP contribution in [0.25, 0.3) is 5.65 Å². The van der Waals surface area contributed by atoms with Gasteiger partial charge in [0.25, 0.3) is 0 Å². The van der Waals surface area contributed by atoms with Gasteiger partial charge in [-0.25, -0.2) is 14.3 Å². The van der Waals surface area contributed by atoms with Gasteiger partial charge in [-0.15, -0.1) is 0 Å². The molecule has 0 bridgehead atoms. The first kappa shape index (κ1) is 13.1. The van der Waals surface area contributed by atoms with Gasteiger partial charge in [-0.2, -0.15) is 5.10 Å². The minimum atomic E-state index is -1.22. The van der Waals surface area contributed by atoms with Gasteiger partial charge in [0.2, 0.25) is 0 Å². The molecule has 0 atom stereocenters. The Kier molecular flexibility index (Phi) is 3.27. The van der Waals surface area contributed by atoms with E-state index in [1.807, 2.05) is 30.3 Å². The first-order valence-corrected chi connectivity index (χ1v) is 6.48. The summed E-state index contributed by atoms with van der Waals surface area (Å²) in [7, 11) is 0. The number of nitrogens with zero attached hydrogens (tertiary/aromatic N) is 3. The number of pyridine rings is 1. The lowest BCUT2D eigenvalue weighted by Crippen LogP contribution is -2.07. The minimum Gasteiger partial charge on any atom is -0.507 e. The zero-order valence-corrected chi connectivity index (χ0v) is 11.1. The van der Waals surface area contributed by atoms with Crippen LogP contribution in [0.5, 0.6) is 5.75 Å². The normalized spacial score (nSPS) is 10.9. The molecule has 6 nitrogen and oxygen atoms in total. The molecule has 3 rings (SSSR count). The molecule has 0 aliphatic carbocycles. The number of aryl methyl sites for hydroxylation is 2. The third kappa shape index (κ3) is 2.43. The third-order valence-corrected chi connectivity index (χ3v) is 3.33. The topological polar surface area (TPSA) is 87.7 Å². The molecule has 2 aromatic heterocycles. The maximum atomic E-state index is 11.2. The summed E-state index contributed by atoms with van der Waals surface area (Å²) in [6.07, 6.45) is 2.67. The number of fused-ring (bicyclic) bond motifs is 1. The van der Waals surface area contributed by atoms with Crippen LogP contribution in [-0.4, -0.2) is 30.8 Å². The van der Waals surface area contributed by atoms with Gasteiger partial charge in [0.1, 0.15) is 17.6 Å². The fourth-order valence-electron chi connectivity index (χ4n) is 2.33. The van der Waals surface area contributed by atoms with Crippen LogP contribution < -0.4 is 0 Å². The van der Waals surface area contributed by atoms with Crippen LogP contribution in [0, 0.1) is 0 Å². The minimum absolute atomic E-state index is 0.158. The van der Waals surface area contributed by atoms with Crippen molar-refractivity contribution in [2.75, 3.05) is 0 Å². The summed E-state index contributed by atoms with van der Waals surface area (Å²) >= 11 is 0. The third-order valence-electron chi connectivity index (χ3n) is 3.33. The molecule has 21 heavy (non-hydrogen) atoms. The Morgan fingerprint density at radius 2 is 1.95 bits per heavy atom. The van der Waals surface area contributed by atoms with Crippen molar-refractivity contribution < 1.29 is 15.0 Å². The summed E-state index contributed by atoms with van der Waals surface area (Å²) in [6.45, 7) is 0. The maximum Gasteiger partial charge on any atom is 0.343 e. The molecule has 0 spiro atoms. The largest absolute Gasteiger partial charge is 0.507 e. The van der Waals surface area contributed by atoms with Gasteiger partial charge in [-0.1, -0.05) is 30.3 Å². The molecule has 0 aliphatic rings. The Bertz CT molecular complexity index is 797. The van der Waals surface area contributed by atoms with E-state index in [1.165, 1.54) is 16.9 Å².